The number of fused-ring (bicyclic) bond motifs is 4. The Morgan fingerprint density at radius 1 is 1.20 bits per heavy atom. The van der Waals surface area contributed by atoms with Gasteiger partial charge in [-0.15, -0.1) is 0 Å². The highest BCUT2D eigenvalue weighted by Crippen LogP contribution is 2.41. The first kappa shape index (κ1) is 5.49. The highest BCUT2D eigenvalue weighted by atomic mass is 16.8. The quantitative estimate of drug-likeness (QED) is 0.437. The molecule has 3 heterocycles. The molecule has 10 heavy (non-hydrogen) atoms. The third-order valence-electron chi connectivity index (χ3n) is 2.28. The Morgan fingerprint density at radius 3 is 3.00 bits per heavy atom. The van der Waals surface area contributed by atoms with Gasteiger partial charge in [-0.3, -0.25) is 0 Å². The van der Waals surface area contributed by atoms with Crippen LogP contribution in [0.2, 0.25) is 0 Å². The van der Waals surface area contributed by atoms with Crippen LogP contribution < -0.4 is 0 Å². The molecule has 2 bridgehead atoms. The zero-order valence-corrected chi connectivity index (χ0v) is 5.27. The molecule has 3 saturated heterocycles. The fourth-order valence-corrected chi connectivity index (χ4v) is 1.63. The molecule has 0 spiro atoms. The lowest BCUT2D eigenvalue weighted by Crippen LogP contribution is -2.39. The van der Waals surface area contributed by atoms with Gasteiger partial charge in [0.15, 0.2) is 6.29 Å². The van der Waals surface area contributed by atoms with Crippen LogP contribution in [0.5, 0.6) is 0 Å². The Labute approximate surface area is 57.7 Å². The molecule has 3 rings (SSSR count). The molecule has 4 nitrogen and oxygen atoms in total. The van der Waals surface area contributed by atoms with Gasteiger partial charge in [-0.1, -0.05) is 0 Å². The second-order valence-electron chi connectivity index (χ2n) is 2.93. The molecule has 5 atom stereocenters. The van der Waals surface area contributed by atoms with E-state index in [1.165, 1.54) is 0 Å². The van der Waals surface area contributed by atoms with Gasteiger partial charge < -0.3 is 19.3 Å². The summed E-state index contributed by atoms with van der Waals surface area (Å²) in [5.74, 6) is 0. The van der Waals surface area contributed by atoms with Crippen LogP contribution >= 0.6 is 0 Å². The van der Waals surface area contributed by atoms with Crippen LogP contribution in [0.3, 0.4) is 0 Å². The van der Waals surface area contributed by atoms with E-state index in [9.17, 15) is 5.11 Å². The molecular weight excluding hydrogens is 136 g/mol. The first-order valence-corrected chi connectivity index (χ1v) is 3.47. The smallest absolute Gasteiger partial charge is 0.187 e. The van der Waals surface area contributed by atoms with E-state index in [-0.39, 0.29) is 24.6 Å². The second kappa shape index (κ2) is 1.53. The predicted octanol–water partition coefficient (Wildman–Crippen LogP) is -1.13. The Bertz CT molecular complexity index is 169. The zero-order valence-electron chi connectivity index (χ0n) is 5.27. The molecule has 0 saturated carbocycles. The van der Waals surface area contributed by atoms with Crippen molar-refractivity contribution in [3.8, 4) is 0 Å². The average molecular weight is 144 g/mol. The van der Waals surface area contributed by atoms with Crippen molar-refractivity contribution in [2.45, 2.75) is 30.7 Å². The van der Waals surface area contributed by atoms with E-state index in [1.54, 1.807) is 0 Å². The minimum Gasteiger partial charge on any atom is -0.387 e. The zero-order chi connectivity index (χ0) is 6.72. The fraction of sp³-hybridized carbons (Fsp3) is 1.00. The van der Waals surface area contributed by atoms with Crippen molar-refractivity contribution in [2.24, 2.45) is 0 Å². The van der Waals surface area contributed by atoms with Crippen LogP contribution in [-0.4, -0.2) is 42.4 Å². The van der Waals surface area contributed by atoms with E-state index in [2.05, 4.69) is 0 Å². The van der Waals surface area contributed by atoms with Gasteiger partial charge in [0, 0.05) is 0 Å². The molecule has 3 aliphatic rings. The number of hydrogen-bond donors (Lipinski definition) is 1. The van der Waals surface area contributed by atoms with Gasteiger partial charge in [-0.05, 0) is 0 Å². The number of hydrogen-bond acceptors (Lipinski definition) is 4. The Morgan fingerprint density at radius 2 is 2.10 bits per heavy atom. The number of ether oxygens (including phenoxy) is 3. The largest absolute Gasteiger partial charge is 0.387 e. The Balaban J connectivity index is 1.91. The number of epoxide rings is 1. The summed E-state index contributed by atoms with van der Waals surface area (Å²) in [5.41, 5.74) is 0. The monoisotopic (exact) mass is 144 g/mol. The molecule has 56 valence electrons. The summed E-state index contributed by atoms with van der Waals surface area (Å²) < 4.78 is 15.6. The van der Waals surface area contributed by atoms with Crippen LogP contribution in [0, 0.1) is 0 Å². The molecule has 0 amide bonds. The maximum absolute atomic E-state index is 9.38. The van der Waals surface area contributed by atoms with Crippen molar-refractivity contribution >= 4 is 0 Å². The summed E-state index contributed by atoms with van der Waals surface area (Å²) in [5, 5.41) is 9.38. The van der Waals surface area contributed by atoms with Gasteiger partial charge in [-0.2, -0.15) is 0 Å². The van der Waals surface area contributed by atoms with Crippen molar-refractivity contribution in [3.63, 3.8) is 0 Å². The third-order valence-corrected chi connectivity index (χ3v) is 2.28. The first-order chi connectivity index (χ1) is 4.86. The average Bonchev–Trinajstić information content (AvgIpc) is 2.61. The summed E-state index contributed by atoms with van der Waals surface area (Å²) in [4.78, 5) is 0. The molecule has 3 aliphatic heterocycles. The highest BCUT2D eigenvalue weighted by molar-refractivity contribution is 5.03. The van der Waals surface area contributed by atoms with Gasteiger partial charge in [0.05, 0.1) is 6.61 Å². The third kappa shape index (κ3) is 0.509. The maximum Gasteiger partial charge on any atom is 0.187 e. The first-order valence-electron chi connectivity index (χ1n) is 3.47. The van der Waals surface area contributed by atoms with Gasteiger partial charge in [0.1, 0.15) is 24.4 Å². The normalized spacial score (nSPS) is 63.9. The van der Waals surface area contributed by atoms with E-state index in [0.29, 0.717) is 6.61 Å². The highest BCUT2D eigenvalue weighted by Gasteiger charge is 2.61. The van der Waals surface area contributed by atoms with Crippen molar-refractivity contribution in [1.29, 1.82) is 0 Å². The molecule has 0 aromatic carbocycles. The molecular formula is C6H8O4. The van der Waals surface area contributed by atoms with Gasteiger partial charge in [-0.25, -0.2) is 0 Å². The van der Waals surface area contributed by atoms with Gasteiger partial charge in [0.25, 0.3) is 0 Å². The summed E-state index contributed by atoms with van der Waals surface area (Å²) in [6.07, 6.45) is -0.809. The molecule has 0 aromatic rings. The lowest BCUT2D eigenvalue weighted by molar-refractivity contribution is -0.103. The van der Waals surface area contributed by atoms with Crippen molar-refractivity contribution < 1.29 is 19.3 Å². The second-order valence-corrected chi connectivity index (χ2v) is 2.93. The van der Waals surface area contributed by atoms with E-state index in [1.807, 2.05) is 0 Å². The lowest BCUT2D eigenvalue weighted by Gasteiger charge is -2.18. The van der Waals surface area contributed by atoms with Crippen molar-refractivity contribution in [1.82, 2.24) is 0 Å². The molecule has 4 heteroatoms. The van der Waals surface area contributed by atoms with Crippen LogP contribution in [0.25, 0.3) is 0 Å². The summed E-state index contributed by atoms with van der Waals surface area (Å²) in [7, 11) is 0. The summed E-state index contributed by atoms with van der Waals surface area (Å²) in [6.45, 7) is 0.516. The Hall–Kier alpha value is -0.160. The molecule has 1 N–H and O–H groups in total. The van der Waals surface area contributed by atoms with E-state index < -0.39 is 6.10 Å². The number of aliphatic hydroxyl groups excluding tert-OH is 1. The summed E-state index contributed by atoms with van der Waals surface area (Å²) in [6, 6.07) is 0. The van der Waals surface area contributed by atoms with E-state index in [4.69, 9.17) is 14.2 Å². The molecule has 0 unspecified atom stereocenters. The molecule has 0 aromatic heterocycles. The Kier molecular flexibility index (Phi) is 0.840. The minimum atomic E-state index is -0.469. The topological polar surface area (TPSA) is 51.2 Å². The van der Waals surface area contributed by atoms with E-state index >= 15 is 0 Å². The van der Waals surface area contributed by atoms with Gasteiger partial charge in [0.2, 0.25) is 0 Å². The van der Waals surface area contributed by atoms with E-state index in [0.717, 1.165) is 0 Å². The number of aliphatic hydroxyl groups is 1. The maximum atomic E-state index is 9.38. The van der Waals surface area contributed by atoms with Crippen molar-refractivity contribution in [3.05, 3.63) is 0 Å². The van der Waals surface area contributed by atoms with Crippen LogP contribution in [0.1, 0.15) is 0 Å². The van der Waals surface area contributed by atoms with Crippen LogP contribution in [0.4, 0.5) is 0 Å². The summed E-state index contributed by atoms with van der Waals surface area (Å²) >= 11 is 0. The number of rotatable bonds is 0. The fourth-order valence-electron chi connectivity index (χ4n) is 1.63. The van der Waals surface area contributed by atoms with Gasteiger partial charge >= 0.3 is 0 Å². The van der Waals surface area contributed by atoms with Crippen molar-refractivity contribution in [2.75, 3.05) is 6.61 Å². The standard InChI is InChI=1S/C6H8O4/c7-3-2-1-8-6(9-2)5-4(3)10-5/h2-7H,1H2/t2-,3+,4+,5-,6-/m1/s1. The predicted molar refractivity (Wildman–Crippen MR) is 29.3 cm³/mol. The minimum absolute atomic E-state index is 0.00810. The molecule has 3 fully saturated rings. The molecule has 0 aliphatic carbocycles. The van der Waals surface area contributed by atoms with Crippen LogP contribution in [-0.2, 0) is 14.2 Å². The SMILES string of the molecule is O[C@@H]1[C@@H]2O[C@H]2[C@@H]2OC[C@H]1O2. The lowest BCUT2D eigenvalue weighted by atomic mass is 10.1. The molecule has 0 radical (unpaired) electrons. The van der Waals surface area contributed by atoms with Crippen LogP contribution in [0.15, 0.2) is 0 Å².